The number of hydrogen-bond acceptors (Lipinski definition) is 5. The number of unbranched alkanes of at least 4 members (excludes halogenated alkanes) is 3. The van der Waals surface area contributed by atoms with Crippen LogP contribution in [-0.2, 0) is 19.2 Å². The lowest BCUT2D eigenvalue weighted by Crippen LogP contribution is -2.43. The second-order valence-corrected chi connectivity index (χ2v) is 5.87. The zero-order valence-corrected chi connectivity index (χ0v) is 14.3. The maximum absolute atomic E-state index is 11.5. The topological polar surface area (TPSA) is 116 Å². The molecule has 0 spiro atoms. The first-order valence-corrected chi connectivity index (χ1v) is 8.80. The molecule has 4 N–H and O–H groups in total. The second-order valence-electron chi connectivity index (χ2n) is 4.77. The van der Waals surface area contributed by atoms with E-state index in [1.807, 2.05) is 0 Å². The predicted octanol–water partition coefficient (Wildman–Crippen LogP) is -0.648. The highest BCUT2D eigenvalue weighted by Crippen LogP contribution is 2.05. The molecule has 9 heteroatoms. The van der Waals surface area contributed by atoms with E-state index >= 15 is 0 Å². The molecule has 4 amide bonds. The van der Waals surface area contributed by atoms with Crippen LogP contribution in [0.25, 0.3) is 0 Å². The number of carbonyl (C=O) groups excluding carboxylic acids is 4. The average Bonchev–Trinajstić information content (AvgIpc) is 2.55. The van der Waals surface area contributed by atoms with Crippen molar-refractivity contribution in [1.29, 1.82) is 0 Å². The Morgan fingerprint density at radius 1 is 0.870 bits per heavy atom. The van der Waals surface area contributed by atoms with Gasteiger partial charge in [-0.25, -0.2) is 0 Å². The van der Waals surface area contributed by atoms with Gasteiger partial charge in [0.15, 0.2) is 0 Å². The van der Waals surface area contributed by atoms with Gasteiger partial charge < -0.3 is 21.3 Å². The summed E-state index contributed by atoms with van der Waals surface area (Å²) in [7, 11) is 0. The van der Waals surface area contributed by atoms with Crippen LogP contribution in [0.15, 0.2) is 0 Å². The van der Waals surface area contributed by atoms with Crippen LogP contribution in [0.2, 0.25) is 0 Å². The maximum Gasteiger partial charge on any atom is 0.240 e. The van der Waals surface area contributed by atoms with E-state index in [1.54, 1.807) is 11.8 Å². The largest absolute Gasteiger partial charge is 0.350 e. The Kier molecular flexibility index (Phi) is 14.0. The molecule has 0 aliphatic rings. The SMILES string of the molecule is CCCCCCSCNC(=O)CNC(=O)CNC(=O)CNC=O. The molecule has 0 saturated heterocycles. The Labute approximate surface area is 140 Å². The fourth-order valence-electron chi connectivity index (χ4n) is 1.51. The van der Waals surface area contributed by atoms with Crippen molar-refractivity contribution in [2.24, 2.45) is 0 Å². The van der Waals surface area contributed by atoms with E-state index < -0.39 is 11.8 Å². The lowest BCUT2D eigenvalue weighted by Gasteiger charge is -2.08. The molecule has 23 heavy (non-hydrogen) atoms. The molecule has 0 heterocycles. The minimum absolute atomic E-state index is 0.127. The van der Waals surface area contributed by atoms with Crippen molar-refractivity contribution in [3.63, 3.8) is 0 Å². The van der Waals surface area contributed by atoms with Gasteiger partial charge in [-0.2, -0.15) is 0 Å². The van der Waals surface area contributed by atoms with Crippen molar-refractivity contribution in [3.05, 3.63) is 0 Å². The van der Waals surface area contributed by atoms with Crippen LogP contribution in [0.3, 0.4) is 0 Å². The van der Waals surface area contributed by atoms with E-state index in [2.05, 4.69) is 28.2 Å². The minimum Gasteiger partial charge on any atom is -0.350 e. The standard InChI is InChI=1S/C14H26N4O4S/c1-2-3-4-5-6-23-11-18-14(22)9-17-13(21)8-16-12(20)7-15-10-19/h10H,2-9,11H2,1H3,(H,15,19)(H,16,20)(H,17,21)(H,18,22). The molecular weight excluding hydrogens is 320 g/mol. The number of amides is 4. The Bertz CT molecular complexity index is 380. The van der Waals surface area contributed by atoms with Crippen molar-refractivity contribution < 1.29 is 19.2 Å². The highest BCUT2D eigenvalue weighted by atomic mass is 32.2. The average molecular weight is 346 g/mol. The Hall–Kier alpha value is -1.77. The summed E-state index contributed by atoms with van der Waals surface area (Å²) in [5.74, 6) is 0.318. The molecule has 0 radical (unpaired) electrons. The third-order valence-corrected chi connectivity index (χ3v) is 3.68. The van der Waals surface area contributed by atoms with Crippen molar-refractivity contribution in [1.82, 2.24) is 21.3 Å². The van der Waals surface area contributed by atoms with Crippen molar-refractivity contribution in [3.8, 4) is 0 Å². The van der Waals surface area contributed by atoms with Crippen LogP contribution in [0.1, 0.15) is 32.6 Å². The summed E-state index contributed by atoms with van der Waals surface area (Å²) in [6, 6.07) is 0. The van der Waals surface area contributed by atoms with Crippen molar-refractivity contribution >= 4 is 35.9 Å². The lowest BCUT2D eigenvalue weighted by molar-refractivity contribution is -0.127. The third-order valence-electron chi connectivity index (χ3n) is 2.75. The van der Waals surface area contributed by atoms with Crippen molar-refractivity contribution in [2.75, 3.05) is 31.3 Å². The minimum atomic E-state index is -0.476. The van der Waals surface area contributed by atoms with E-state index in [0.29, 0.717) is 12.3 Å². The zero-order valence-electron chi connectivity index (χ0n) is 13.5. The van der Waals surface area contributed by atoms with Crippen LogP contribution >= 0.6 is 11.8 Å². The Morgan fingerprint density at radius 3 is 2.09 bits per heavy atom. The highest BCUT2D eigenvalue weighted by molar-refractivity contribution is 7.99. The summed E-state index contributed by atoms with van der Waals surface area (Å²) in [6.07, 6.45) is 5.19. The number of carbonyl (C=O) groups is 4. The van der Waals surface area contributed by atoms with E-state index in [4.69, 9.17) is 0 Å². The van der Waals surface area contributed by atoms with Crippen molar-refractivity contribution in [2.45, 2.75) is 32.6 Å². The summed E-state index contributed by atoms with van der Waals surface area (Å²) in [4.78, 5) is 44.0. The molecule has 132 valence electrons. The van der Waals surface area contributed by atoms with Crippen LogP contribution in [0, 0.1) is 0 Å². The molecule has 0 rings (SSSR count). The number of rotatable bonds is 14. The quantitative estimate of drug-likeness (QED) is 0.189. The Balaban J connectivity index is 3.51. The zero-order chi connectivity index (χ0) is 17.3. The van der Waals surface area contributed by atoms with Gasteiger partial charge in [-0.15, -0.1) is 11.8 Å². The molecule has 0 aliphatic heterocycles. The predicted molar refractivity (Wildman–Crippen MR) is 89.7 cm³/mol. The smallest absolute Gasteiger partial charge is 0.240 e. The van der Waals surface area contributed by atoms with Gasteiger partial charge in [0.25, 0.3) is 0 Å². The van der Waals surface area contributed by atoms with Gasteiger partial charge in [-0.3, -0.25) is 19.2 Å². The van der Waals surface area contributed by atoms with Gasteiger partial charge in [0, 0.05) is 0 Å². The normalized spacial score (nSPS) is 9.78. The lowest BCUT2D eigenvalue weighted by atomic mass is 10.2. The maximum atomic E-state index is 11.5. The molecule has 0 fully saturated rings. The summed E-state index contributed by atoms with van der Waals surface area (Å²) < 4.78 is 0. The molecular formula is C14H26N4O4S. The van der Waals surface area contributed by atoms with Crippen LogP contribution in [0.5, 0.6) is 0 Å². The molecule has 0 aliphatic carbocycles. The monoisotopic (exact) mass is 346 g/mol. The van der Waals surface area contributed by atoms with Gasteiger partial charge in [0.05, 0.1) is 25.5 Å². The molecule has 0 unspecified atom stereocenters. The van der Waals surface area contributed by atoms with Gasteiger partial charge in [0.1, 0.15) is 0 Å². The first-order chi connectivity index (χ1) is 11.1. The first-order valence-electron chi connectivity index (χ1n) is 7.65. The van der Waals surface area contributed by atoms with Gasteiger partial charge in [-0.05, 0) is 12.2 Å². The molecule has 0 aromatic rings. The van der Waals surface area contributed by atoms with E-state index in [1.165, 1.54) is 19.3 Å². The second kappa shape index (κ2) is 15.1. The summed E-state index contributed by atoms with van der Waals surface area (Å²) in [6.45, 7) is 1.61. The van der Waals surface area contributed by atoms with Crippen LogP contribution < -0.4 is 21.3 Å². The van der Waals surface area contributed by atoms with E-state index in [9.17, 15) is 19.2 Å². The van der Waals surface area contributed by atoms with Crippen LogP contribution in [-0.4, -0.2) is 55.4 Å². The number of nitrogens with one attached hydrogen (secondary N) is 4. The Morgan fingerprint density at radius 2 is 1.48 bits per heavy atom. The highest BCUT2D eigenvalue weighted by Gasteiger charge is 2.07. The molecule has 0 bridgehead atoms. The van der Waals surface area contributed by atoms with Gasteiger partial charge in [-0.1, -0.05) is 26.2 Å². The summed E-state index contributed by atoms with van der Waals surface area (Å²) in [5.41, 5.74) is 0. The number of hydrogen-bond donors (Lipinski definition) is 4. The fourth-order valence-corrected chi connectivity index (χ4v) is 2.33. The van der Waals surface area contributed by atoms with E-state index in [0.717, 1.165) is 12.2 Å². The summed E-state index contributed by atoms with van der Waals surface area (Å²) >= 11 is 1.65. The molecule has 0 saturated carbocycles. The fraction of sp³-hybridized carbons (Fsp3) is 0.714. The molecule has 8 nitrogen and oxygen atoms in total. The first kappa shape index (κ1) is 21.2. The van der Waals surface area contributed by atoms with Crippen LogP contribution in [0.4, 0.5) is 0 Å². The molecule has 0 atom stereocenters. The van der Waals surface area contributed by atoms with Gasteiger partial charge in [0.2, 0.25) is 24.1 Å². The summed E-state index contributed by atoms with van der Waals surface area (Å²) in [5, 5.41) is 9.58. The third kappa shape index (κ3) is 14.9. The molecule has 0 aromatic heterocycles. The van der Waals surface area contributed by atoms with Gasteiger partial charge >= 0.3 is 0 Å². The molecule has 0 aromatic carbocycles. The number of thioether (sulfide) groups is 1. The van der Waals surface area contributed by atoms with E-state index in [-0.39, 0.29) is 25.5 Å².